The molecule has 0 aliphatic rings. The van der Waals surface area contributed by atoms with Gasteiger partial charge in [0.25, 0.3) is 0 Å². The lowest BCUT2D eigenvalue weighted by atomic mass is 10.1. The highest BCUT2D eigenvalue weighted by Crippen LogP contribution is 2.14. The SMILES string of the molecule is C=C(C)CCC(COC(=O)C(=C)C)OC(=O)NCCCCCCNC(=O)OC(COOCC(=C)C)CC(OO)C(=C)C. The van der Waals surface area contributed by atoms with Crippen LogP contribution in [-0.2, 0) is 33.7 Å². The summed E-state index contributed by atoms with van der Waals surface area (Å²) in [5.74, 6) is -0.535. The minimum absolute atomic E-state index is 0.0535. The topological polar surface area (TPSA) is 151 Å². The first-order valence-corrected chi connectivity index (χ1v) is 14.1. The van der Waals surface area contributed by atoms with Crippen LogP contribution in [0.1, 0.15) is 72.6 Å². The van der Waals surface area contributed by atoms with E-state index in [1.165, 1.54) is 0 Å². The van der Waals surface area contributed by atoms with Crippen LogP contribution < -0.4 is 10.6 Å². The van der Waals surface area contributed by atoms with E-state index >= 15 is 0 Å². The van der Waals surface area contributed by atoms with Gasteiger partial charge in [0.1, 0.15) is 38.1 Å². The van der Waals surface area contributed by atoms with Gasteiger partial charge in [0.15, 0.2) is 0 Å². The van der Waals surface area contributed by atoms with Crippen molar-refractivity contribution in [1.82, 2.24) is 10.6 Å². The van der Waals surface area contributed by atoms with Crippen molar-refractivity contribution >= 4 is 18.2 Å². The largest absolute Gasteiger partial charge is 0.458 e. The summed E-state index contributed by atoms with van der Waals surface area (Å²) in [6.07, 6.45) is 0.991. The van der Waals surface area contributed by atoms with Crippen LogP contribution >= 0.6 is 0 Å². The van der Waals surface area contributed by atoms with E-state index in [2.05, 4.69) is 41.8 Å². The Morgan fingerprint density at radius 2 is 1.33 bits per heavy atom. The molecule has 12 heteroatoms. The molecule has 3 N–H and O–H groups in total. The van der Waals surface area contributed by atoms with E-state index in [-0.39, 0.29) is 31.8 Å². The third-order valence-electron chi connectivity index (χ3n) is 5.63. The maximum absolute atomic E-state index is 12.3. The smallest absolute Gasteiger partial charge is 0.407 e. The highest BCUT2D eigenvalue weighted by molar-refractivity contribution is 5.86. The monoisotopic (exact) mass is 598 g/mol. The molecule has 42 heavy (non-hydrogen) atoms. The van der Waals surface area contributed by atoms with Crippen LogP contribution in [0.5, 0.6) is 0 Å². The number of hydrogen-bond donors (Lipinski definition) is 3. The van der Waals surface area contributed by atoms with Gasteiger partial charge in [-0.1, -0.05) is 43.7 Å². The van der Waals surface area contributed by atoms with Crippen LogP contribution in [0.2, 0.25) is 0 Å². The number of esters is 1. The third-order valence-corrected chi connectivity index (χ3v) is 5.63. The van der Waals surface area contributed by atoms with Crippen molar-refractivity contribution in [2.45, 2.75) is 91.0 Å². The van der Waals surface area contributed by atoms with E-state index in [1.54, 1.807) is 20.8 Å². The van der Waals surface area contributed by atoms with Crippen molar-refractivity contribution in [2.75, 3.05) is 32.9 Å². The second-order valence-electron chi connectivity index (χ2n) is 10.4. The lowest BCUT2D eigenvalue weighted by molar-refractivity contribution is -0.305. The van der Waals surface area contributed by atoms with E-state index in [4.69, 9.17) is 29.2 Å². The minimum Gasteiger partial charge on any atom is -0.458 e. The molecule has 3 unspecified atom stereocenters. The molecule has 2 amide bonds. The van der Waals surface area contributed by atoms with Crippen molar-refractivity contribution in [3.63, 3.8) is 0 Å². The summed E-state index contributed by atoms with van der Waals surface area (Å²) in [5, 5.41) is 14.5. The van der Waals surface area contributed by atoms with Crippen molar-refractivity contribution in [1.29, 1.82) is 0 Å². The summed E-state index contributed by atoms with van der Waals surface area (Å²) in [4.78, 5) is 50.6. The van der Waals surface area contributed by atoms with Gasteiger partial charge < -0.3 is 24.8 Å². The molecule has 0 bridgehead atoms. The summed E-state index contributed by atoms with van der Waals surface area (Å²) < 4.78 is 16.0. The third kappa shape index (κ3) is 21.5. The summed E-state index contributed by atoms with van der Waals surface area (Å²) >= 11 is 0. The van der Waals surface area contributed by atoms with E-state index < -0.39 is 36.5 Å². The van der Waals surface area contributed by atoms with Crippen molar-refractivity contribution in [2.24, 2.45) is 0 Å². The Morgan fingerprint density at radius 1 is 0.762 bits per heavy atom. The molecular formula is C30H50N2O10. The van der Waals surface area contributed by atoms with Crippen molar-refractivity contribution < 1.29 is 48.5 Å². The molecule has 0 aliphatic carbocycles. The first kappa shape index (κ1) is 38.8. The number of carbonyl (C=O) groups is 3. The molecule has 0 heterocycles. The minimum atomic E-state index is -0.756. The number of carbonyl (C=O) groups excluding carboxylic acids is 3. The Kier molecular flexibility index (Phi) is 21.6. The van der Waals surface area contributed by atoms with E-state index in [1.807, 2.05) is 6.92 Å². The van der Waals surface area contributed by atoms with Crippen molar-refractivity contribution in [3.05, 3.63) is 48.6 Å². The number of nitrogens with one attached hydrogen (secondary N) is 2. The molecule has 0 saturated carbocycles. The van der Waals surface area contributed by atoms with Crippen LogP contribution in [0.25, 0.3) is 0 Å². The summed E-state index contributed by atoms with van der Waals surface area (Å²) in [6, 6.07) is 0. The molecule has 0 saturated heterocycles. The van der Waals surface area contributed by atoms with E-state index in [0.717, 1.165) is 24.0 Å². The molecule has 0 fully saturated rings. The summed E-state index contributed by atoms with van der Waals surface area (Å²) in [5.41, 5.74) is 2.53. The van der Waals surface area contributed by atoms with Crippen LogP contribution in [0.15, 0.2) is 48.6 Å². The zero-order valence-electron chi connectivity index (χ0n) is 25.7. The van der Waals surface area contributed by atoms with Gasteiger partial charge in [0.2, 0.25) is 0 Å². The van der Waals surface area contributed by atoms with Crippen molar-refractivity contribution in [3.8, 4) is 0 Å². The molecule has 240 valence electrons. The van der Waals surface area contributed by atoms with Gasteiger partial charge in [-0.2, -0.15) is 0 Å². The average molecular weight is 599 g/mol. The second kappa shape index (κ2) is 23.4. The first-order valence-electron chi connectivity index (χ1n) is 14.1. The average Bonchev–Trinajstić information content (AvgIpc) is 2.91. The van der Waals surface area contributed by atoms with Crippen LogP contribution in [-0.4, -0.2) is 74.6 Å². The van der Waals surface area contributed by atoms with Crippen LogP contribution in [0.4, 0.5) is 9.59 Å². The molecule has 0 aliphatic heterocycles. The second-order valence-corrected chi connectivity index (χ2v) is 10.4. The molecular weight excluding hydrogens is 548 g/mol. The van der Waals surface area contributed by atoms with Gasteiger partial charge in [-0.05, 0) is 59.0 Å². The fraction of sp³-hybridized carbons (Fsp3) is 0.633. The highest BCUT2D eigenvalue weighted by atomic mass is 17.2. The van der Waals surface area contributed by atoms with E-state index in [9.17, 15) is 14.4 Å². The molecule has 0 aromatic heterocycles. The molecule has 0 radical (unpaired) electrons. The fourth-order valence-corrected chi connectivity index (χ4v) is 3.24. The predicted molar refractivity (Wildman–Crippen MR) is 158 cm³/mol. The summed E-state index contributed by atoms with van der Waals surface area (Å²) in [7, 11) is 0. The van der Waals surface area contributed by atoms with Gasteiger partial charge in [-0.3, -0.25) is 5.26 Å². The fourth-order valence-electron chi connectivity index (χ4n) is 3.24. The predicted octanol–water partition coefficient (Wildman–Crippen LogP) is 5.56. The Hall–Kier alpha value is -3.19. The molecule has 0 spiro atoms. The van der Waals surface area contributed by atoms with Crippen LogP contribution in [0, 0.1) is 0 Å². The number of allylic oxidation sites excluding steroid dienone is 1. The number of amides is 2. The van der Waals surface area contributed by atoms with Gasteiger partial charge in [-0.15, -0.1) is 6.58 Å². The standard InChI is InChI=1S/C30H50N2O10/c1-21(2)13-14-25(19-37-28(33)24(7)8)40-29(34)31-15-11-9-10-12-16-32-30(35)41-26(17-27(42-36)23(5)6)20-39-38-18-22(3)4/h25-27,36H,1,3,5,7,9-20H2,2,4,6,8H3,(H,31,34)(H,32,35). The number of unbranched alkanes of at least 4 members (excludes halogenated alkanes) is 3. The van der Waals surface area contributed by atoms with E-state index in [0.29, 0.717) is 44.3 Å². The Morgan fingerprint density at radius 3 is 1.81 bits per heavy atom. The zero-order chi connectivity index (χ0) is 31.9. The Balaban J connectivity index is 4.31. The lowest BCUT2D eigenvalue weighted by Crippen LogP contribution is -2.34. The van der Waals surface area contributed by atoms with Gasteiger partial charge >= 0.3 is 18.2 Å². The van der Waals surface area contributed by atoms with Gasteiger partial charge in [0, 0.05) is 25.1 Å². The molecule has 0 aromatic rings. The first-order chi connectivity index (χ1) is 19.8. The normalized spacial score (nSPS) is 12.8. The van der Waals surface area contributed by atoms with Gasteiger partial charge in [-0.25, -0.2) is 29.0 Å². The quantitative estimate of drug-likeness (QED) is 0.0245. The van der Waals surface area contributed by atoms with Gasteiger partial charge in [0.05, 0.1) is 0 Å². The highest BCUT2D eigenvalue weighted by Gasteiger charge is 2.23. The maximum atomic E-state index is 12.3. The molecule has 12 nitrogen and oxygen atoms in total. The molecule has 0 aromatic carbocycles. The van der Waals surface area contributed by atoms with Crippen LogP contribution in [0.3, 0.4) is 0 Å². The number of rotatable bonds is 24. The number of ether oxygens (including phenoxy) is 3. The Bertz CT molecular complexity index is 889. The lowest BCUT2D eigenvalue weighted by Gasteiger charge is -2.22. The maximum Gasteiger partial charge on any atom is 0.407 e. The number of alkyl carbamates (subject to hydrolysis) is 2. The molecule has 0 rings (SSSR count). The number of hydrogen-bond acceptors (Lipinski definition) is 10. The Labute approximate surface area is 249 Å². The summed E-state index contributed by atoms with van der Waals surface area (Å²) in [6.45, 7) is 22.6. The molecule has 3 atom stereocenters. The zero-order valence-corrected chi connectivity index (χ0v) is 25.7.